The number of hydrogen-bond donors (Lipinski definition) is 0. The molecule has 0 saturated carbocycles. The lowest BCUT2D eigenvalue weighted by molar-refractivity contribution is 0.191. The number of aromatic nitrogens is 2. The van der Waals surface area contributed by atoms with Gasteiger partial charge in [-0.3, -0.25) is 9.59 Å². The van der Waals surface area contributed by atoms with E-state index in [0.717, 1.165) is 105 Å². The summed E-state index contributed by atoms with van der Waals surface area (Å²) in [6.45, 7) is 17.3. The van der Waals surface area contributed by atoms with E-state index >= 15 is 0 Å². The smallest absolute Gasteiger partial charge is 0.197 e. The molecule has 0 N–H and O–H groups in total. The van der Waals surface area contributed by atoms with Gasteiger partial charge in [-0.15, -0.1) is 23.5 Å². The number of hydrogen-bond acceptors (Lipinski definition) is 9. The summed E-state index contributed by atoms with van der Waals surface area (Å²) in [6, 6.07) is 80.2. The Balaban J connectivity index is 0.849. The van der Waals surface area contributed by atoms with Crippen LogP contribution < -0.4 is 20.7 Å². The molecule has 0 aliphatic heterocycles. The third kappa shape index (κ3) is 13.6. The number of para-hydroxylation sites is 2. The molecular formula is C85H82N6O2S3. The molecule has 11 heteroatoms. The van der Waals surface area contributed by atoms with E-state index in [1.165, 1.54) is 5.56 Å². The van der Waals surface area contributed by atoms with Crippen LogP contribution in [0.15, 0.2) is 228 Å². The van der Waals surface area contributed by atoms with Crippen molar-refractivity contribution in [1.29, 1.82) is 10.5 Å². The van der Waals surface area contributed by atoms with Crippen LogP contribution in [0.5, 0.6) is 0 Å². The average Bonchev–Trinajstić information content (AvgIpc) is 0.731. The highest BCUT2D eigenvalue weighted by Gasteiger charge is 2.41. The van der Waals surface area contributed by atoms with Crippen LogP contribution in [0.1, 0.15) is 118 Å². The van der Waals surface area contributed by atoms with E-state index in [9.17, 15) is 20.1 Å². The summed E-state index contributed by atoms with van der Waals surface area (Å²) in [6.07, 6.45) is 8.78. The Bertz CT molecular complexity index is 4980. The Morgan fingerprint density at radius 1 is 0.573 bits per heavy atom. The second-order valence-electron chi connectivity index (χ2n) is 28.0. The third-order valence-corrected chi connectivity index (χ3v) is 22.8. The van der Waals surface area contributed by atoms with Gasteiger partial charge in [-0.1, -0.05) is 147 Å². The lowest BCUT2D eigenvalue weighted by Gasteiger charge is -2.41. The zero-order valence-electron chi connectivity index (χ0n) is 56.7. The molecule has 0 radical (unpaired) electrons. The molecule has 2 heterocycles. The topological polar surface area (TPSA) is 98.1 Å². The minimum absolute atomic E-state index is 0.0120. The highest BCUT2D eigenvalue weighted by molar-refractivity contribution is 8.47. The maximum absolute atomic E-state index is 14.7. The number of aryl methyl sites for hydroxylation is 4. The fraction of sp³-hybridized carbons (Fsp3) is 0.259. The molecule has 12 rings (SSSR count). The Morgan fingerprint density at radius 3 is 1.64 bits per heavy atom. The van der Waals surface area contributed by atoms with Crippen LogP contribution in [0.25, 0.3) is 49.9 Å². The van der Waals surface area contributed by atoms with Gasteiger partial charge in [0.05, 0.1) is 40.0 Å². The van der Waals surface area contributed by atoms with Gasteiger partial charge in [0.25, 0.3) is 0 Å². The number of thioether (sulfide) groups is 2. The number of rotatable bonds is 19. The van der Waals surface area contributed by atoms with E-state index in [2.05, 4.69) is 256 Å². The largest absolute Gasteiger partial charge is 0.344 e. The fourth-order valence-corrected chi connectivity index (χ4v) is 16.9. The highest BCUT2D eigenvalue weighted by atomic mass is 32.2. The Hall–Kier alpha value is -9.23. The van der Waals surface area contributed by atoms with Crippen molar-refractivity contribution in [3.05, 3.63) is 278 Å². The van der Waals surface area contributed by atoms with Crippen molar-refractivity contribution in [3.63, 3.8) is 0 Å². The summed E-state index contributed by atoms with van der Waals surface area (Å²) in [5.41, 5.74) is 17.2. The Labute approximate surface area is 579 Å². The molecule has 2 aromatic heterocycles. The second kappa shape index (κ2) is 27.5. The van der Waals surface area contributed by atoms with Crippen LogP contribution in [0.3, 0.4) is 0 Å². The van der Waals surface area contributed by atoms with Crippen molar-refractivity contribution in [2.45, 2.75) is 104 Å². The quantitative estimate of drug-likeness (QED) is 0.0579. The SMILES string of the molecule is CSC(=S)SC(C)(C)C(C#N)CC(CC(C)(C)C(CC(C)(C)C#N)c1ccc(C2C=Cc3c(c(=O)c4cc5c(cc4n3C)c(=O)c3ccccc3n5C)C2)cc1)c1ccc(N(c2ccc(-c3ccc(N(c4ccccc4)c4cccc(C)c4)cc3)cc2)c2cccc(C)c2)cc1. The standard InChI is InChI=1S/C85H82N6O2S3/c1-55-19-17-23-69(45-55)90(65-21-13-12-14-22-65)66-38-31-57(32-39-66)58-33-40-67(41-34-58)91(70-24-18-20-56(2)46-70)68-42-35-60(36-43-68)63(47-64(53-86)85(7,8)96-82(94)95-11)51-84(5,6)75(52-83(3,4)54-87)61-29-27-59(28-30-61)62-37-44-77-72(48-62)81(93)74-50-78-73(49-79(74)89(77)10)80(92)71-25-15-16-26-76(71)88(78)9/h12-46,49-50,62-64,75H,47-48,51-52H2,1-11H3. The van der Waals surface area contributed by atoms with E-state index in [0.29, 0.717) is 35.4 Å². The van der Waals surface area contributed by atoms with E-state index in [-0.39, 0.29) is 39.9 Å². The van der Waals surface area contributed by atoms with Crippen LogP contribution in [-0.4, -0.2) is 23.7 Å². The van der Waals surface area contributed by atoms with E-state index in [1.807, 2.05) is 75.2 Å². The molecule has 0 fully saturated rings. The Morgan fingerprint density at radius 2 is 1.08 bits per heavy atom. The van der Waals surface area contributed by atoms with Crippen molar-refractivity contribution in [2.75, 3.05) is 16.1 Å². The molecular weight excluding hydrogens is 1230 g/mol. The van der Waals surface area contributed by atoms with E-state index in [1.54, 1.807) is 23.5 Å². The third-order valence-electron chi connectivity index (χ3n) is 20.0. The van der Waals surface area contributed by atoms with Crippen LogP contribution in [0.4, 0.5) is 34.1 Å². The molecule has 0 spiro atoms. The number of allylic oxidation sites excluding steroid dienone is 1. The molecule has 9 aromatic carbocycles. The van der Waals surface area contributed by atoms with Crippen molar-refractivity contribution in [3.8, 4) is 23.3 Å². The van der Waals surface area contributed by atoms with Gasteiger partial charge in [0.2, 0.25) is 0 Å². The van der Waals surface area contributed by atoms with Crippen LogP contribution >= 0.6 is 35.7 Å². The molecule has 0 bridgehead atoms. The summed E-state index contributed by atoms with van der Waals surface area (Å²) < 4.78 is 4.42. The molecule has 4 unspecified atom stereocenters. The number of benzene rings is 9. The van der Waals surface area contributed by atoms with Crippen molar-refractivity contribution < 1.29 is 0 Å². The monoisotopic (exact) mass is 1310 g/mol. The first-order valence-electron chi connectivity index (χ1n) is 33.1. The number of thiocarbonyl (C=S) groups is 1. The van der Waals surface area contributed by atoms with Gasteiger partial charge in [-0.05, 0) is 233 Å². The highest BCUT2D eigenvalue weighted by Crippen LogP contribution is 2.52. The minimum atomic E-state index is -0.642. The van der Waals surface area contributed by atoms with Crippen LogP contribution in [0.2, 0.25) is 0 Å². The molecule has 482 valence electrons. The number of fused-ring (bicyclic) bond motifs is 4. The van der Waals surface area contributed by atoms with Gasteiger partial charge in [-0.2, -0.15) is 10.5 Å². The van der Waals surface area contributed by atoms with Gasteiger partial charge < -0.3 is 18.9 Å². The van der Waals surface area contributed by atoms with Gasteiger partial charge in [0.1, 0.15) is 3.53 Å². The van der Waals surface area contributed by atoms with Crippen molar-refractivity contribution >= 4 is 112 Å². The molecule has 0 amide bonds. The summed E-state index contributed by atoms with van der Waals surface area (Å²) in [7, 11) is 3.94. The van der Waals surface area contributed by atoms with Crippen LogP contribution in [0, 0.1) is 53.3 Å². The predicted octanol–water partition coefficient (Wildman–Crippen LogP) is 22.0. The zero-order chi connectivity index (χ0) is 67.8. The first kappa shape index (κ1) is 66.8. The van der Waals surface area contributed by atoms with Crippen molar-refractivity contribution in [1.82, 2.24) is 9.13 Å². The van der Waals surface area contributed by atoms with Gasteiger partial charge in [-0.25, -0.2) is 0 Å². The van der Waals surface area contributed by atoms with E-state index < -0.39 is 10.2 Å². The second-order valence-corrected chi connectivity index (χ2v) is 31.6. The summed E-state index contributed by atoms with van der Waals surface area (Å²) in [4.78, 5) is 33.2. The summed E-state index contributed by atoms with van der Waals surface area (Å²) >= 11 is 8.97. The van der Waals surface area contributed by atoms with Crippen molar-refractivity contribution in [2.24, 2.45) is 30.8 Å². The number of pyridine rings is 2. The predicted molar refractivity (Wildman–Crippen MR) is 411 cm³/mol. The normalized spacial score (nSPS) is 14.2. The first-order valence-corrected chi connectivity index (χ1v) is 35.5. The summed E-state index contributed by atoms with van der Waals surface area (Å²) in [5.74, 6) is -0.473. The van der Waals surface area contributed by atoms with Gasteiger partial charge in [0, 0.05) is 86.3 Å². The Kier molecular flexibility index (Phi) is 19.1. The molecule has 4 atom stereocenters. The minimum Gasteiger partial charge on any atom is -0.344 e. The average molecular weight is 1320 g/mol. The number of nitriles is 2. The lowest BCUT2D eigenvalue weighted by Crippen LogP contribution is -2.32. The maximum Gasteiger partial charge on any atom is 0.197 e. The molecule has 1 aliphatic rings. The molecule has 11 aromatic rings. The molecule has 0 saturated heterocycles. The maximum atomic E-state index is 14.7. The summed E-state index contributed by atoms with van der Waals surface area (Å²) in [5, 5.41) is 23.8. The van der Waals surface area contributed by atoms with Gasteiger partial charge >= 0.3 is 0 Å². The van der Waals surface area contributed by atoms with Gasteiger partial charge in [0.15, 0.2) is 10.9 Å². The lowest BCUT2D eigenvalue weighted by atomic mass is 9.63. The zero-order valence-corrected chi connectivity index (χ0v) is 59.2. The van der Waals surface area contributed by atoms with E-state index in [4.69, 9.17) is 12.2 Å². The number of nitrogens with zero attached hydrogens (tertiary/aromatic N) is 6. The first-order chi connectivity index (χ1) is 46.0. The van der Waals surface area contributed by atoms with Crippen LogP contribution in [-0.2, 0) is 20.5 Å². The number of anilines is 6. The fourth-order valence-electron chi connectivity index (χ4n) is 14.6. The molecule has 1 aliphatic carbocycles. The molecule has 96 heavy (non-hydrogen) atoms. The molecule has 8 nitrogen and oxygen atoms in total.